The Labute approximate surface area is 118 Å². The molecular formula is C16H16N2O2. The Bertz CT molecular complexity index is 580. The van der Waals surface area contributed by atoms with Gasteiger partial charge in [0.2, 0.25) is 11.8 Å². The zero-order valence-electron chi connectivity index (χ0n) is 11.2. The molecule has 0 saturated heterocycles. The summed E-state index contributed by atoms with van der Waals surface area (Å²) in [5.41, 5.74) is 1.28. The van der Waals surface area contributed by atoms with E-state index < -0.39 is 0 Å². The highest BCUT2D eigenvalue weighted by Gasteiger charge is 2.03. The smallest absolute Gasteiger partial charge is 0.244 e. The average molecular weight is 268 g/mol. The van der Waals surface area contributed by atoms with Crippen LogP contribution < -0.4 is 10.6 Å². The van der Waals surface area contributed by atoms with Crippen molar-refractivity contribution in [3.8, 4) is 12.3 Å². The number of hydrogen-bond acceptors (Lipinski definition) is 2. The lowest BCUT2D eigenvalue weighted by atomic mass is 10.2. The number of amides is 2. The van der Waals surface area contributed by atoms with Crippen LogP contribution in [0.2, 0.25) is 0 Å². The van der Waals surface area contributed by atoms with E-state index in [0.717, 1.165) is 0 Å². The summed E-state index contributed by atoms with van der Waals surface area (Å²) in [6.45, 7) is 1.75. The minimum Gasteiger partial charge on any atom is -0.343 e. The number of benzene rings is 1. The minimum atomic E-state index is -0.323. The summed E-state index contributed by atoms with van der Waals surface area (Å²) < 4.78 is 0. The standard InChI is InChI=1S/C16H16N2O2/c1-3-5-6-10-15(19)17-12-16(20)18-14-9-7-8-13(4-2)11-14/h2-3,5-11H,12H2,1H3,(H,17,19)(H,18,20)/b5-3-,10-6+. The normalized spacial score (nSPS) is 10.4. The molecule has 0 aromatic heterocycles. The Morgan fingerprint density at radius 2 is 2.15 bits per heavy atom. The van der Waals surface area contributed by atoms with Gasteiger partial charge in [-0.05, 0) is 25.1 Å². The maximum atomic E-state index is 11.6. The molecule has 2 N–H and O–H groups in total. The lowest BCUT2D eigenvalue weighted by Crippen LogP contribution is -2.31. The zero-order chi connectivity index (χ0) is 14.8. The number of rotatable bonds is 5. The molecule has 1 aromatic carbocycles. The number of allylic oxidation sites excluding steroid dienone is 3. The van der Waals surface area contributed by atoms with Crippen LogP contribution >= 0.6 is 0 Å². The van der Waals surface area contributed by atoms with Crippen molar-refractivity contribution in [2.75, 3.05) is 11.9 Å². The van der Waals surface area contributed by atoms with E-state index in [4.69, 9.17) is 6.42 Å². The second-order valence-corrected chi connectivity index (χ2v) is 3.88. The van der Waals surface area contributed by atoms with E-state index in [1.54, 1.807) is 42.5 Å². The van der Waals surface area contributed by atoms with E-state index in [1.807, 2.05) is 6.92 Å². The number of nitrogens with one attached hydrogen (secondary N) is 2. The monoisotopic (exact) mass is 268 g/mol. The van der Waals surface area contributed by atoms with Crippen molar-refractivity contribution < 1.29 is 9.59 Å². The number of carbonyl (C=O) groups excluding carboxylic acids is 2. The molecule has 1 aromatic rings. The predicted octanol–water partition coefficient (Wildman–Crippen LogP) is 1.85. The van der Waals surface area contributed by atoms with Crippen LogP contribution in [0.1, 0.15) is 12.5 Å². The highest BCUT2D eigenvalue weighted by Crippen LogP contribution is 2.09. The van der Waals surface area contributed by atoms with Crippen LogP contribution in [0.3, 0.4) is 0 Å². The first kappa shape index (κ1) is 15.3. The molecule has 0 atom stereocenters. The lowest BCUT2D eigenvalue weighted by Gasteiger charge is -2.06. The number of terminal acetylenes is 1. The first-order valence-electron chi connectivity index (χ1n) is 6.09. The van der Waals surface area contributed by atoms with Gasteiger partial charge in [0.1, 0.15) is 0 Å². The molecule has 4 heteroatoms. The second kappa shape index (κ2) is 8.33. The van der Waals surface area contributed by atoms with Crippen molar-refractivity contribution in [1.29, 1.82) is 0 Å². The van der Waals surface area contributed by atoms with Crippen LogP contribution in [0.5, 0.6) is 0 Å². The van der Waals surface area contributed by atoms with E-state index in [-0.39, 0.29) is 18.4 Å². The van der Waals surface area contributed by atoms with Gasteiger partial charge in [0.25, 0.3) is 0 Å². The van der Waals surface area contributed by atoms with Crippen molar-refractivity contribution in [1.82, 2.24) is 5.32 Å². The largest absolute Gasteiger partial charge is 0.343 e. The Morgan fingerprint density at radius 1 is 1.35 bits per heavy atom. The third-order valence-corrected chi connectivity index (χ3v) is 2.29. The van der Waals surface area contributed by atoms with E-state index in [0.29, 0.717) is 11.3 Å². The summed E-state index contributed by atoms with van der Waals surface area (Å²) in [4.78, 5) is 23.0. The highest BCUT2D eigenvalue weighted by molar-refractivity contribution is 5.96. The van der Waals surface area contributed by atoms with Crippen LogP contribution in [0, 0.1) is 12.3 Å². The fraction of sp³-hybridized carbons (Fsp3) is 0.125. The first-order valence-corrected chi connectivity index (χ1v) is 6.09. The molecule has 0 spiro atoms. The molecule has 2 amide bonds. The molecule has 4 nitrogen and oxygen atoms in total. The molecule has 0 unspecified atom stereocenters. The highest BCUT2D eigenvalue weighted by atomic mass is 16.2. The Hall–Kier alpha value is -2.80. The molecule has 0 fully saturated rings. The molecular weight excluding hydrogens is 252 g/mol. The summed E-state index contributed by atoms with van der Waals surface area (Å²) in [7, 11) is 0. The second-order valence-electron chi connectivity index (χ2n) is 3.88. The molecule has 0 aliphatic rings. The van der Waals surface area contributed by atoms with Crippen molar-refractivity contribution in [2.24, 2.45) is 0 Å². The summed E-state index contributed by atoms with van der Waals surface area (Å²) in [5, 5.41) is 5.13. The number of carbonyl (C=O) groups is 2. The van der Waals surface area contributed by atoms with Crippen LogP contribution in [0.25, 0.3) is 0 Å². The van der Waals surface area contributed by atoms with Gasteiger partial charge in [-0.15, -0.1) is 6.42 Å². The van der Waals surface area contributed by atoms with Gasteiger partial charge in [0.15, 0.2) is 0 Å². The molecule has 0 heterocycles. The number of hydrogen-bond donors (Lipinski definition) is 2. The van der Waals surface area contributed by atoms with E-state index in [1.165, 1.54) is 6.08 Å². The SMILES string of the molecule is C#Cc1cccc(NC(=O)CNC(=O)/C=C/C=C\C)c1. The zero-order valence-corrected chi connectivity index (χ0v) is 11.2. The Kier molecular flexibility index (Phi) is 6.35. The summed E-state index contributed by atoms with van der Waals surface area (Å²) in [5.74, 6) is 1.85. The molecule has 20 heavy (non-hydrogen) atoms. The molecule has 0 aliphatic carbocycles. The van der Waals surface area contributed by atoms with Crippen molar-refractivity contribution in [2.45, 2.75) is 6.92 Å². The fourth-order valence-corrected chi connectivity index (χ4v) is 1.37. The third kappa shape index (κ3) is 5.69. The average Bonchev–Trinajstić information content (AvgIpc) is 2.45. The van der Waals surface area contributed by atoms with E-state index in [9.17, 15) is 9.59 Å². The molecule has 0 radical (unpaired) electrons. The first-order chi connectivity index (χ1) is 9.65. The molecule has 102 valence electrons. The van der Waals surface area contributed by atoms with Crippen molar-refractivity contribution in [3.63, 3.8) is 0 Å². The van der Waals surface area contributed by atoms with E-state index in [2.05, 4.69) is 16.6 Å². The van der Waals surface area contributed by atoms with Gasteiger partial charge in [-0.2, -0.15) is 0 Å². The third-order valence-electron chi connectivity index (χ3n) is 2.29. The Morgan fingerprint density at radius 3 is 2.85 bits per heavy atom. The van der Waals surface area contributed by atoms with Crippen LogP contribution in [0.4, 0.5) is 5.69 Å². The maximum Gasteiger partial charge on any atom is 0.244 e. The fourth-order valence-electron chi connectivity index (χ4n) is 1.37. The van der Waals surface area contributed by atoms with Gasteiger partial charge in [0.05, 0.1) is 6.54 Å². The summed E-state index contributed by atoms with van der Waals surface area (Å²) in [6.07, 6.45) is 11.8. The topological polar surface area (TPSA) is 58.2 Å². The minimum absolute atomic E-state index is 0.0979. The van der Waals surface area contributed by atoms with Gasteiger partial charge in [0, 0.05) is 17.3 Å². The van der Waals surface area contributed by atoms with Gasteiger partial charge in [-0.25, -0.2) is 0 Å². The predicted molar refractivity (Wildman–Crippen MR) is 80.0 cm³/mol. The van der Waals surface area contributed by atoms with Crippen LogP contribution in [-0.2, 0) is 9.59 Å². The van der Waals surface area contributed by atoms with Crippen LogP contribution in [0.15, 0.2) is 48.6 Å². The van der Waals surface area contributed by atoms with Crippen LogP contribution in [-0.4, -0.2) is 18.4 Å². The molecule has 0 bridgehead atoms. The summed E-state index contributed by atoms with van der Waals surface area (Å²) >= 11 is 0. The van der Waals surface area contributed by atoms with Gasteiger partial charge in [-0.3, -0.25) is 9.59 Å². The molecule has 0 aliphatic heterocycles. The maximum absolute atomic E-state index is 11.6. The lowest BCUT2D eigenvalue weighted by molar-refractivity contribution is -0.121. The van der Waals surface area contributed by atoms with Gasteiger partial charge >= 0.3 is 0 Å². The van der Waals surface area contributed by atoms with Crippen molar-refractivity contribution >= 4 is 17.5 Å². The quantitative estimate of drug-likeness (QED) is 0.486. The van der Waals surface area contributed by atoms with Gasteiger partial charge in [-0.1, -0.05) is 30.2 Å². The van der Waals surface area contributed by atoms with Gasteiger partial charge < -0.3 is 10.6 Å². The number of anilines is 1. The molecule has 1 rings (SSSR count). The van der Waals surface area contributed by atoms with E-state index >= 15 is 0 Å². The van der Waals surface area contributed by atoms with Crippen molar-refractivity contribution in [3.05, 3.63) is 54.1 Å². The Balaban J connectivity index is 2.44. The summed E-state index contributed by atoms with van der Waals surface area (Å²) in [6, 6.07) is 6.94. The molecule has 0 saturated carbocycles.